The number of nitrogens with zero attached hydrogens (tertiary/aromatic N) is 3. The molecule has 4 nitrogen and oxygen atoms in total. The molecule has 6 heteroatoms. The van der Waals surface area contributed by atoms with Gasteiger partial charge < -0.3 is 4.52 Å². The van der Waals surface area contributed by atoms with Crippen LogP contribution in [-0.4, -0.2) is 15.1 Å². The van der Waals surface area contributed by atoms with Crippen LogP contribution in [0.25, 0.3) is 10.8 Å². The second-order valence-corrected chi connectivity index (χ2v) is 4.11. The van der Waals surface area contributed by atoms with Gasteiger partial charge in [-0.2, -0.15) is 4.98 Å². The van der Waals surface area contributed by atoms with Crippen LogP contribution in [0.15, 0.2) is 16.2 Å². The third-order valence-corrected chi connectivity index (χ3v) is 2.99. The van der Waals surface area contributed by atoms with E-state index in [1.54, 1.807) is 11.7 Å². The van der Waals surface area contributed by atoms with Gasteiger partial charge in [0.1, 0.15) is 4.88 Å². The van der Waals surface area contributed by atoms with Crippen molar-refractivity contribution in [1.29, 1.82) is 0 Å². The van der Waals surface area contributed by atoms with E-state index in [0.29, 0.717) is 11.7 Å². The van der Waals surface area contributed by atoms with Crippen LogP contribution in [0.4, 0.5) is 0 Å². The van der Waals surface area contributed by atoms with Crippen LogP contribution < -0.4 is 0 Å². The van der Waals surface area contributed by atoms with Gasteiger partial charge in [0.05, 0.1) is 17.1 Å². The summed E-state index contributed by atoms with van der Waals surface area (Å²) in [5, 5.41) is 3.62. The summed E-state index contributed by atoms with van der Waals surface area (Å²) in [6, 6.07) is 0. The van der Waals surface area contributed by atoms with Crippen LogP contribution in [0.2, 0.25) is 0 Å². The molecule has 2 rings (SSSR count). The first-order chi connectivity index (χ1) is 6.81. The van der Waals surface area contributed by atoms with Gasteiger partial charge in [0, 0.05) is 0 Å². The van der Waals surface area contributed by atoms with Gasteiger partial charge in [-0.15, -0.1) is 22.9 Å². The van der Waals surface area contributed by atoms with Crippen molar-refractivity contribution >= 4 is 22.9 Å². The average molecular weight is 230 g/mol. The molecule has 2 aromatic rings. The fourth-order valence-electron chi connectivity index (χ4n) is 0.966. The van der Waals surface area contributed by atoms with Gasteiger partial charge in [-0.3, -0.25) is 4.98 Å². The minimum absolute atomic E-state index is 0.180. The van der Waals surface area contributed by atoms with Crippen molar-refractivity contribution < 1.29 is 4.52 Å². The molecule has 0 bridgehead atoms. The number of hydrogen-bond acceptors (Lipinski definition) is 5. The molecule has 1 atom stereocenters. The monoisotopic (exact) mass is 229 g/mol. The largest absolute Gasteiger partial charge is 0.333 e. The zero-order valence-electron chi connectivity index (χ0n) is 7.48. The summed E-state index contributed by atoms with van der Waals surface area (Å²) in [4.78, 5) is 8.98. The Labute approximate surface area is 89.9 Å². The average Bonchev–Trinajstić information content (AvgIpc) is 2.86. The van der Waals surface area contributed by atoms with E-state index in [9.17, 15) is 0 Å². The summed E-state index contributed by atoms with van der Waals surface area (Å²) < 4.78 is 5.06. The van der Waals surface area contributed by atoms with Gasteiger partial charge >= 0.3 is 0 Å². The quantitative estimate of drug-likeness (QED) is 0.760. The highest BCUT2D eigenvalue weighted by Crippen LogP contribution is 2.25. The maximum atomic E-state index is 5.97. The van der Waals surface area contributed by atoms with Gasteiger partial charge in [0.25, 0.3) is 5.89 Å². The predicted octanol–water partition coefficient (Wildman–Crippen LogP) is 2.88. The summed E-state index contributed by atoms with van der Waals surface area (Å²) in [6.07, 6.45) is 2.47. The Kier molecular flexibility index (Phi) is 2.79. The molecule has 0 aliphatic carbocycles. The molecule has 2 heterocycles. The van der Waals surface area contributed by atoms with Crippen molar-refractivity contribution in [3.8, 4) is 10.8 Å². The van der Waals surface area contributed by atoms with Crippen molar-refractivity contribution in [3.63, 3.8) is 0 Å². The molecule has 0 aliphatic heterocycles. The molecule has 0 aliphatic rings. The predicted molar refractivity (Wildman–Crippen MR) is 54.3 cm³/mol. The second-order valence-electron chi connectivity index (χ2n) is 2.70. The zero-order valence-corrected chi connectivity index (χ0v) is 9.05. The van der Waals surface area contributed by atoms with Gasteiger partial charge in [0.2, 0.25) is 0 Å². The molecule has 2 aromatic heterocycles. The van der Waals surface area contributed by atoms with Gasteiger partial charge in [-0.25, -0.2) is 0 Å². The molecule has 74 valence electrons. The Morgan fingerprint density at radius 2 is 2.50 bits per heavy atom. The maximum absolute atomic E-state index is 5.97. The van der Waals surface area contributed by atoms with Crippen LogP contribution in [0, 0.1) is 0 Å². The maximum Gasteiger partial charge on any atom is 0.269 e. The third-order valence-electron chi connectivity index (χ3n) is 1.72. The molecule has 0 radical (unpaired) electrons. The highest BCUT2D eigenvalue weighted by Gasteiger charge is 2.15. The highest BCUT2D eigenvalue weighted by molar-refractivity contribution is 7.13. The van der Waals surface area contributed by atoms with Crippen molar-refractivity contribution in [2.75, 3.05) is 0 Å². The summed E-state index contributed by atoms with van der Waals surface area (Å²) in [5.41, 5.74) is 1.72. The van der Waals surface area contributed by atoms with Crippen LogP contribution >= 0.6 is 22.9 Å². The van der Waals surface area contributed by atoms with E-state index in [-0.39, 0.29) is 5.38 Å². The zero-order chi connectivity index (χ0) is 9.97. The Bertz CT molecular complexity index is 400. The molecule has 0 saturated carbocycles. The molecule has 0 spiro atoms. The second kappa shape index (κ2) is 4.06. The summed E-state index contributed by atoms with van der Waals surface area (Å²) in [5.74, 6) is 1.03. The minimum Gasteiger partial charge on any atom is -0.333 e. The lowest BCUT2D eigenvalue weighted by Gasteiger charge is -1.95. The lowest BCUT2D eigenvalue weighted by molar-refractivity contribution is 0.422. The van der Waals surface area contributed by atoms with E-state index in [1.807, 2.05) is 6.92 Å². The fourth-order valence-corrected chi connectivity index (χ4v) is 1.60. The van der Waals surface area contributed by atoms with E-state index in [1.165, 1.54) is 11.3 Å². The first-order valence-electron chi connectivity index (χ1n) is 4.17. The van der Waals surface area contributed by atoms with E-state index in [0.717, 1.165) is 11.3 Å². The molecule has 0 N–H and O–H groups in total. The fraction of sp³-hybridized carbons (Fsp3) is 0.375. The van der Waals surface area contributed by atoms with E-state index in [4.69, 9.17) is 16.1 Å². The SMILES string of the molecule is CCC(Cl)c1noc(-c2cncs2)n1. The van der Waals surface area contributed by atoms with E-state index >= 15 is 0 Å². The number of halogens is 1. The Morgan fingerprint density at radius 1 is 1.64 bits per heavy atom. The van der Waals surface area contributed by atoms with Crippen LogP contribution in [0.1, 0.15) is 24.5 Å². The topological polar surface area (TPSA) is 51.8 Å². The van der Waals surface area contributed by atoms with Crippen molar-refractivity contribution in [3.05, 3.63) is 17.5 Å². The molecule has 0 saturated heterocycles. The number of thiazole rings is 1. The molecule has 0 amide bonds. The Hall–Kier alpha value is -0.940. The Balaban J connectivity index is 2.26. The molecular weight excluding hydrogens is 222 g/mol. The standard InChI is InChI=1S/C8H8ClN3OS/c1-2-5(9)7-11-8(13-12-7)6-3-10-4-14-6/h3-5H,2H2,1H3. The van der Waals surface area contributed by atoms with E-state index < -0.39 is 0 Å². The molecule has 0 aromatic carbocycles. The molecule has 0 fully saturated rings. The van der Waals surface area contributed by atoms with Gasteiger partial charge in [0.15, 0.2) is 5.82 Å². The summed E-state index contributed by atoms with van der Waals surface area (Å²) >= 11 is 7.43. The summed E-state index contributed by atoms with van der Waals surface area (Å²) in [6.45, 7) is 1.97. The van der Waals surface area contributed by atoms with Crippen molar-refractivity contribution in [2.24, 2.45) is 0 Å². The number of hydrogen-bond donors (Lipinski definition) is 0. The molecule has 1 unspecified atom stereocenters. The van der Waals surface area contributed by atoms with Crippen molar-refractivity contribution in [1.82, 2.24) is 15.1 Å². The molecule has 14 heavy (non-hydrogen) atoms. The van der Waals surface area contributed by atoms with Crippen LogP contribution in [0.3, 0.4) is 0 Å². The van der Waals surface area contributed by atoms with Crippen molar-refractivity contribution in [2.45, 2.75) is 18.7 Å². The van der Waals surface area contributed by atoms with Gasteiger partial charge in [-0.1, -0.05) is 12.1 Å². The lowest BCUT2D eigenvalue weighted by atomic mass is 10.3. The first-order valence-corrected chi connectivity index (χ1v) is 5.49. The van der Waals surface area contributed by atoms with E-state index in [2.05, 4.69) is 15.1 Å². The Morgan fingerprint density at radius 3 is 3.14 bits per heavy atom. The lowest BCUT2D eigenvalue weighted by Crippen LogP contribution is -1.90. The third kappa shape index (κ3) is 1.78. The normalized spacial score (nSPS) is 13.0. The smallest absolute Gasteiger partial charge is 0.269 e. The van der Waals surface area contributed by atoms with Gasteiger partial charge in [-0.05, 0) is 6.42 Å². The molecular formula is C8H8ClN3OS. The number of alkyl halides is 1. The minimum atomic E-state index is -0.180. The van der Waals surface area contributed by atoms with Crippen LogP contribution in [0.5, 0.6) is 0 Å². The first kappa shape index (κ1) is 9.61. The number of aromatic nitrogens is 3. The summed E-state index contributed by atoms with van der Waals surface area (Å²) in [7, 11) is 0. The van der Waals surface area contributed by atoms with Crippen LogP contribution in [-0.2, 0) is 0 Å². The highest BCUT2D eigenvalue weighted by atomic mass is 35.5. The number of rotatable bonds is 3.